The van der Waals surface area contributed by atoms with Gasteiger partial charge in [-0.1, -0.05) is 35.3 Å². The summed E-state index contributed by atoms with van der Waals surface area (Å²) in [4.78, 5) is 16.4. The normalized spacial score (nSPS) is 11.6. The van der Waals surface area contributed by atoms with Crippen molar-refractivity contribution in [3.05, 3.63) is 76.9 Å². The number of hydrogen-bond donors (Lipinski definition) is 2. The number of sulfonamides is 2. The van der Waals surface area contributed by atoms with Crippen LogP contribution in [0.25, 0.3) is 0 Å². The molecule has 0 aliphatic heterocycles. The molecule has 13 heteroatoms. The van der Waals surface area contributed by atoms with Gasteiger partial charge in [0.1, 0.15) is 12.4 Å². The van der Waals surface area contributed by atoms with Gasteiger partial charge in [0, 0.05) is 11.9 Å². The van der Waals surface area contributed by atoms with E-state index in [9.17, 15) is 21.6 Å². The molecule has 0 aliphatic rings. The van der Waals surface area contributed by atoms with Crippen molar-refractivity contribution in [1.82, 2.24) is 4.98 Å². The molecule has 2 aromatic carbocycles. The molecule has 0 aliphatic carbocycles. The molecule has 3 rings (SSSR count). The molecule has 1 amide bonds. The Morgan fingerprint density at radius 3 is 2.27 bits per heavy atom. The molecule has 1 heterocycles. The number of hydrogen-bond acceptors (Lipinski definition) is 6. The summed E-state index contributed by atoms with van der Waals surface area (Å²) in [5.74, 6) is -0.505. The van der Waals surface area contributed by atoms with Crippen LogP contribution in [0, 0.1) is 0 Å². The Morgan fingerprint density at radius 1 is 0.970 bits per heavy atom. The summed E-state index contributed by atoms with van der Waals surface area (Å²) in [6, 6.07) is 14.6. The number of nitrogens with one attached hydrogen (secondary N) is 2. The lowest BCUT2D eigenvalue weighted by Gasteiger charge is -2.23. The van der Waals surface area contributed by atoms with Crippen LogP contribution in [-0.4, -0.2) is 40.5 Å². The van der Waals surface area contributed by atoms with E-state index in [2.05, 4.69) is 15.0 Å². The molecule has 0 saturated carbocycles. The molecule has 174 valence electrons. The standard InChI is InChI=1S/C20H18Cl2N4O5S2/c1-32(28,29)26(17-6-4-5-16(21)20(17)22)13-19(27)24-14-8-10-15(11-9-14)33(30,31)25-18-7-2-3-12-23-18/h2-12H,13H2,1H3,(H,23,25)(H,24,27). The highest BCUT2D eigenvalue weighted by molar-refractivity contribution is 7.92. The summed E-state index contributed by atoms with van der Waals surface area (Å²) >= 11 is 12.1. The summed E-state index contributed by atoms with van der Waals surface area (Å²) in [6.07, 6.45) is 2.39. The Hall–Kier alpha value is -2.86. The van der Waals surface area contributed by atoms with Crippen molar-refractivity contribution in [2.24, 2.45) is 0 Å². The van der Waals surface area contributed by atoms with Gasteiger partial charge >= 0.3 is 0 Å². The van der Waals surface area contributed by atoms with Crippen LogP contribution in [0.4, 0.5) is 17.2 Å². The maximum Gasteiger partial charge on any atom is 0.263 e. The van der Waals surface area contributed by atoms with Crippen LogP contribution < -0.4 is 14.3 Å². The largest absolute Gasteiger partial charge is 0.325 e. The molecule has 2 N–H and O–H groups in total. The maximum atomic E-state index is 12.5. The summed E-state index contributed by atoms with van der Waals surface area (Å²) < 4.78 is 52.6. The molecule has 0 fully saturated rings. The van der Waals surface area contributed by atoms with E-state index in [1.165, 1.54) is 54.7 Å². The molecule has 3 aromatic rings. The first-order chi connectivity index (χ1) is 15.5. The van der Waals surface area contributed by atoms with E-state index in [1.807, 2.05) is 0 Å². The average molecular weight is 529 g/mol. The van der Waals surface area contributed by atoms with Gasteiger partial charge in [0.05, 0.1) is 26.9 Å². The highest BCUT2D eigenvalue weighted by Crippen LogP contribution is 2.33. The second-order valence-corrected chi connectivity index (χ2v) is 11.1. The fraction of sp³-hybridized carbons (Fsp3) is 0.100. The minimum absolute atomic E-state index is 0.00708. The Balaban J connectivity index is 1.74. The maximum absolute atomic E-state index is 12.5. The highest BCUT2D eigenvalue weighted by atomic mass is 35.5. The van der Waals surface area contributed by atoms with Crippen LogP contribution in [0.15, 0.2) is 71.8 Å². The third-order valence-corrected chi connectivity index (χ3v) is 7.55. The van der Waals surface area contributed by atoms with E-state index in [0.717, 1.165) is 10.6 Å². The lowest BCUT2D eigenvalue weighted by molar-refractivity contribution is -0.114. The molecule has 0 unspecified atom stereocenters. The van der Waals surface area contributed by atoms with Gasteiger partial charge in [-0.15, -0.1) is 0 Å². The molecule has 1 aromatic heterocycles. The summed E-state index contributed by atoms with van der Waals surface area (Å²) in [5.41, 5.74) is 0.325. The number of rotatable bonds is 8. The Morgan fingerprint density at radius 2 is 1.67 bits per heavy atom. The van der Waals surface area contributed by atoms with E-state index in [1.54, 1.807) is 12.1 Å². The second-order valence-electron chi connectivity index (χ2n) is 6.74. The monoisotopic (exact) mass is 528 g/mol. The molecule has 0 saturated heterocycles. The first-order valence-electron chi connectivity index (χ1n) is 9.23. The molecule has 0 bridgehead atoms. The zero-order valence-corrected chi connectivity index (χ0v) is 20.2. The van der Waals surface area contributed by atoms with E-state index in [4.69, 9.17) is 23.2 Å². The van der Waals surface area contributed by atoms with Gasteiger partial charge in [-0.05, 0) is 48.5 Å². The van der Waals surface area contributed by atoms with Gasteiger partial charge < -0.3 is 5.32 Å². The predicted molar refractivity (Wildman–Crippen MR) is 129 cm³/mol. The topological polar surface area (TPSA) is 126 Å². The van der Waals surface area contributed by atoms with E-state index in [0.29, 0.717) is 0 Å². The molecular weight excluding hydrogens is 511 g/mol. The van der Waals surface area contributed by atoms with Crippen molar-refractivity contribution >= 4 is 66.3 Å². The fourth-order valence-corrected chi connectivity index (χ4v) is 5.05. The van der Waals surface area contributed by atoms with E-state index >= 15 is 0 Å². The number of carbonyl (C=O) groups is 1. The average Bonchev–Trinajstić information content (AvgIpc) is 2.74. The van der Waals surface area contributed by atoms with Crippen molar-refractivity contribution in [3.8, 4) is 0 Å². The number of benzene rings is 2. The summed E-state index contributed by atoms with van der Waals surface area (Å²) in [6.45, 7) is -0.569. The van der Waals surface area contributed by atoms with Crippen LogP contribution in [0.5, 0.6) is 0 Å². The van der Waals surface area contributed by atoms with E-state index < -0.39 is 32.5 Å². The number of halogens is 2. The minimum atomic E-state index is -3.88. The number of amides is 1. The van der Waals surface area contributed by atoms with Crippen LogP contribution in [0.1, 0.15) is 0 Å². The molecular formula is C20H18Cl2N4O5S2. The molecule has 9 nitrogen and oxygen atoms in total. The van der Waals surface area contributed by atoms with Gasteiger partial charge in [0.2, 0.25) is 15.9 Å². The zero-order chi connectivity index (χ0) is 24.2. The van der Waals surface area contributed by atoms with Gasteiger partial charge in [0.25, 0.3) is 10.0 Å². The van der Waals surface area contributed by atoms with Crippen LogP contribution in [0.2, 0.25) is 10.0 Å². The lowest BCUT2D eigenvalue weighted by atomic mass is 10.3. The number of pyridine rings is 1. The summed E-state index contributed by atoms with van der Waals surface area (Å²) in [5, 5.41) is 2.66. The van der Waals surface area contributed by atoms with Gasteiger partial charge in [-0.2, -0.15) is 0 Å². The van der Waals surface area contributed by atoms with Crippen molar-refractivity contribution in [2.75, 3.05) is 27.1 Å². The van der Waals surface area contributed by atoms with Gasteiger partial charge in [-0.25, -0.2) is 21.8 Å². The SMILES string of the molecule is CS(=O)(=O)N(CC(=O)Nc1ccc(S(=O)(=O)Nc2ccccn2)cc1)c1cccc(Cl)c1Cl. The van der Waals surface area contributed by atoms with Crippen molar-refractivity contribution in [1.29, 1.82) is 0 Å². The molecule has 0 spiro atoms. The zero-order valence-electron chi connectivity index (χ0n) is 17.1. The third kappa shape index (κ3) is 6.35. The Labute approximate surface area is 201 Å². The first-order valence-corrected chi connectivity index (χ1v) is 13.3. The number of carbonyl (C=O) groups excluding carboxylic acids is 1. The molecule has 0 radical (unpaired) electrons. The quantitative estimate of drug-likeness (QED) is 0.460. The summed E-state index contributed by atoms with van der Waals surface area (Å²) in [7, 11) is -7.75. The number of nitrogens with zero attached hydrogens (tertiary/aromatic N) is 2. The Bertz CT molecular complexity index is 1370. The van der Waals surface area contributed by atoms with E-state index in [-0.39, 0.29) is 32.1 Å². The first kappa shape index (κ1) is 24.8. The van der Waals surface area contributed by atoms with Crippen molar-refractivity contribution in [3.63, 3.8) is 0 Å². The smallest absolute Gasteiger partial charge is 0.263 e. The Kier molecular flexibility index (Phi) is 7.48. The second kappa shape index (κ2) is 9.96. The van der Waals surface area contributed by atoms with Crippen molar-refractivity contribution in [2.45, 2.75) is 4.90 Å². The fourth-order valence-electron chi connectivity index (χ4n) is 2.73. The van der Waals surface area contributed by atoms with Gasteiger partial charge in [-0.3, -0.25) is 13.8 Å². The van der Waals surface area contributed by atoms with Crippen molar-refractivity contribution < 1.29 is 21.6 Å². The number of anilines is 3. The third-order valence-electron chi connectivity index (χ3n) is 4.24. The van der Waals surface area contributed by atoms with Gasteiger partial charge in [0.15, 0.2) is 0 Å². The number of aromatic nitrogens is 1. The highest BCUT2D eigenvalue weighted by Gasteiger charge is 2.24. The van der Waals surface area contributed by atoms with Crippen LogP contribution in [0.3, 0.4) is 0 Å². The van der Waals surface area contributed by atoms with Crippen LogP contribution in [-0.2, 0) is 24.8 Å². The van der Waals surface area contributed by atoms with Crippen LogP contribution >= 0.6 is 23.2 Å². The predicted octanol–water partition coefficient (Wildman–Crippen LogP) is 3.59. The minimum Gasteiger partial charge on any atom is -0.325 e. The lowest BCUT2D eigenvalue weighted by Crippen LogP contribution is -2.37. The molecule has 33 heavy (non-hydrogen) atoms. The molecule has 0 atom stereocenters.